The highest BCUT2D eigenvalue weighted by Gasteiger charge is 2.26. The summed E-state index contributed by atoms with van der Waals surface area (Å²) < 4.78 is 1.86. The van der Waals surface area contributed by atoms with Gasteiger partial charge in [-0.25, -0.2) is 4.98 Å². The molecule has 2 aliphatic carbocycles. The van der Waals surface area contributed by atoms with Crippen LogP contribution in [-0.4, -0.2) is 26.8 Å². The monoisotopic (exact) mass is 385 g/mol. The number of aromatic nitrogens is 2. The van der Waals surface area contributed by atoms with Gasteiger partial charge in [-0.15, -0.1) is 0 Å². The van der Waals surface area contributed by atoms with Gasteiger partial charge in [0.15, 0.2) is 5.16 Å². The van der Waals surface area contributed by atoms with E-state index >= 15 is 0 Å². The summed E-state index contributed by atoms with van der Waals surface area (Å²) in [6.07, 6.45) is 8.85. The third-order valence-corrected chi connectivity index (χ3v) is 6.88. The second-order valence-corrected chi connectivity index (χ2v) is 9.08. The lowest BCUT2D eigenvalue weighted by Gasteiger charge is -2.21. The number of hydrogen-bond donors (Lipinski definition) is 1. The third-order valence-electron chi connectivity index (χ3n) is 5.82. The van der Waals surface area contributed by atoms with Gasteiger partial charge < -0.3 is 5.32 Å². The Morgan fingerprint density at radius 3 is 2.56 bits per heavy atom. The van der Waals surface area contributed by atoms with Gasteiger partial charge in [0.2, 0.25) is 5.91 Å². The maximum absolute atomic E-state index is 13.2. The van der Waals surface area contributed by atoms with Crippen LogP contribution in [0.4, 0.5) is 0 Å². The standard InChI is InChI=1S/C21H27N3O2S/c1-14(19(25)22-15-8-2-3-9-15)27-21-23-18-13-7-6-12-17(18)20(26)24(21)16-10-4-5-11-16/h6-7,12-16H,2-5,8-11H2,1H3,(H,22,25). The van der Waals surface area contributed by atoms with E-state index in [1.165, 1.54) is 24.6 Å². The van der Waals surface area contributed by atoms with Crippen LogP contribution in [0, 0.1) is 0 Å². The van der Waals surface area contributed by atoms with Gasteiger partial charge in [-0.3, -0.25) is 14.2 Å². The highest BCUT2D eigenvalue weighted by atomic mass is 32.2. The van der Waals surface area contributed by atoms with Crippen molar-refractivity contribution in [3.8, 4) is 0 Å². The smallest absolute Gasteiger partial charge is 0.262 e. The molecule has 0 aliphatic heterocycles. The number of nitrogens with one attached hydrogen (secondary N) is 1. The Kier molecular flexibility index (Phi) is 5.53. The Balaban J connectivity index is 1.63. The van der Waals surface area contributed by atoms with Crippen LogP contribution < -0.4 is 10.9 Å². The molecule has 0 bridgehead atoms. The van der Waals surface area contributed by atoms with Crippen molar-refractivity contribution in [3.05, 3.63) is 34.6 Å². The van der Waals surface area contributed by atoms with Gasteiger partial charge in [0.1, 0.15) is 0 Å². The summed E-state index contributed by atoms with van der Waals surface area (Å²) in [7, 11) is 0. The molecule has 0 radical (unpaired) electrons. The van der Waals surface area contributed by atoms with Crippen molar-refractivity contribution in [2.45, 2.75) is 80.8 Å². The summed E-state index contributed by atoms with van der Waals surface area (Å²) >= 11 is 1.42. The summed E-state index contributed by atoms with van der Waals surface area (Å²) in [5.74, 6) is 0.0484. The maximum Gasteiger partial charge on any atom is 0.262 e. The minimum Gasteiger partial charge on any atom is -0.352 e. The number of para-hydroxylation sites is 1. The fourth-order valence-corrected chi connectivity index (χ4v) is 5.28. The predicted octanol–water partition coefficient (Wildman–Crippen LogP) is 4.05. The van der Waals surface area contributed by atoms with Gasteiger partial charge in [-0.2, -0.15) is 0 Å². The van der Waals surface area contributed by atoms with Gasteiger partial charge in [-0.05, 0) is 44.7 Å². The zero-order chi connectivity index (χ0) is 18.8. The molecule has 2 aliphatic rings. The van der Waals surface area contributed by atoms with Crippen molar-refractivity contribution in [1.82, 2.24) is 14.9 Å². The Morgan fingerprint density at radius 2 is 1.81 bits per heavy atom. The van der Waals surface area contributed by atoms with Gasteiger partial charge >= 0.3 is 0 Å². The minimum absolute atomic E-state index is 0.0263. The molecule has 27 heavy (non-hydrogen) atoms. The second-order valence-electron chi connectivity index (χ2n) is 7.78. The average molecular weight is 386 g/mol. The third kappa shape index (κ3) is 3.91. The Hall–Kier alpha value is -1.82. The molecule has 2 aromatic rings. The van der Waals surface area contributed by atoms with E-state index in [9.17, 15) is 9.59 Å². The van der Waals surface area contributed by atoms with Crippen LogP contribution in [0.1, 0.15) is 64.3 Å². The lowest BCUT2D eigenvalue weighted by molar-refractivity contribution is -0.120. The summed E-state index contributed by atoms with van der Waals surface area (Å²) in [5, 5.41) is 4.24. The summed E-state index contributed by atoms with van der Waals surface area (Å²) in [4.78, 5) is 30.6. The molecule has 0 spiro atoms. The van der Waals surface area contributed by atoms with Crippen molar-refractivity contribution in [1.29, 1.82) is 0 Å². The van der Waals surface area contributed by atoms with Crippen molar-refractivity contribution in [2.75, 3.05) is 0 Å². The van der Waals surface area contributed by atoms with Crippen LogP contribution in [-0.2, 0) is 4.79 Å². The molecule has 0 saturated heterocycles. The lowest BCUT2D eigenvalue weighted by Crippen LogP contribution is -2.38. The molecule has 4 rings (SSSR count). The molecule has 1 heterocycles. The molecule has 144 valence electrons. The highest BCUT2D eigenvalue weighted by molar-refractivity contribution is 8.00. The van der Waals surface area contributed by atoms with Crippen LogP contribution in [0.2, 0.25) is 0 Å². The molecule has 1 amide bonds. The number of benzene rings is 1. The molecule has 2 fully saturated rings. The van der Waals surface area contributed by atoms with Crippen molar-refractivity contribution < 1.29 is 4.79 Å². The Bertz CT molecular complexity index is 883. The molecule has 1 aromatic carbocycles. The van der Waals surface area contributed by atoms with Crippen molar-refractivity contribution in [3.63, 3.8) is 0 Å². The first-order valence-electron chi connectivity index (χ1n) is 10.1. The van der Waals surface area contributed by atoms with E-state index in [4.69, 9.17) is 4.98 Å². The number of carbonyl (C=O) groups excluding carboxylic acids is 1. The Labute approximate surface area is 163 Å². The van der Waals surface area contributed by atoms with E-state index in [2.05, 4.69) is 5.32 Å². The highest BCUT2D eigenvalue weighted by Crippen LogP contribution is 2.33. The SMILES string of the molecule is CC(Sc1nc2ccccc2c(=O)n1C1CCCC1)C(=O)NC1CCCC1. The van der Waals surface area contributed by atoms with E-state index in [0.717, 1.165) is 38.5 Å². The van der Waals surface area contributed by atoms with Crippen molar-refractivity contribution >= 4 is 28.6 Å². The number of fused-ring (bicyclic) bond motifs is 1. The van der Waals surface area contributed by atoms with E-state index in [0.29, 0.717) is 22.1 Å². The molecular formula is C21H27N3O2S. The van der Waals surface area contributed by atoms with E-state index in [1.54, 1.807) is 0 Å². The van der Waals surface area contributed by atoms with Crippen LogP contribution in [0.5, 0.6) is 0 Å². The van der Waals surface area contributed by atoms with Gasteiger partial charge in [-0.1, -0.05) is 49.6 Å². The quantitative estimate of drug-likeness (QED) is 0.623. The molecule has 5 nitrogen and oxygen atoms in total. The maximum atomic E-state index is 13.2. The number of carbonyl (C=O) groups is 1. The first kappa shape index (κ1) is 18.5. The average Bonchev–Trinajstić information content (AvgIpc) is 3.36. The van der Waals surface area contributed by atoms with E-state index in [-0.39, 0.29) is 22.8 Å². The zero-order valence-corrected chi connectivity index (χ0v) is 16.6. The van der Waals surface area contributed by atoms with Gasteiger partial charge in [0, 0.05) is 12.1 Å². The number of thioether (sulfide) groups is 1. The normalized spacial score (nSPS) is 19.6. The molecule has 1 unspecified atom stereocenters. The van der Waals surface area contributed by atoms with Crippen LogP contribution in [0.25, 0.3) is 10.9 Å². The minimum atomic E-state index is -0.272. The summed E-state index contributed by atoms with van der Waals surface area (Å²) in [6.45, 7) is 1.91. The summed E-state index contributed by atoms with van der Waals surface area (Å²) in [5.41, 5.74) is 0.737. The number of rotatable bonds is 5. The fraction of sp³-hybridized carbons (Fsp3) is 0.571. The summed E-state index contributed by atoms with van der Waals surface area (Å²) in [6, 6.07) is 8.02. The van der Waals surface area contributed by atoms with E-state index < -0.39 is 0 Å². The first-order valence-corrected chi connectivity index (χ1v) is 11.0. The number of hydrogen-bond acceptors (Lipinski definition) is 4. The topological polar surface area (TPSA) is 64.0 Å². The largest absolute Gasteiger partial charge is 0.352 e. The number of amides is 1. The number of nitrogens with zero attached hydrogens (tertiary/aromatic N) is 2. The molecular weight excluding hydrogens is 358 g/mol. The Morgan fingerprint density at radius 1 is 1.15 bits per heavy atom. The van der Waals surface area contributed by atoms with Gasteiger partial charge in [0.05, 0.1) is 16.2 Å². The zero-order valence-electron chi connectivity index (χ0n) is 15.8. The van der Waals surface area contributed by atoms with E-state index in [1.807, 2.05) is 35.8 Å². The van der Waals surface area contributed by atoms with Crippen LogP contribution in [0.3, 0.4) is 0 Å². The fourth-order valence-electron chi connectivity index (χ4n) is 4.29. The molecule has 6 heteroatoms. The predicted molar refractivity (Wildman–Crippen MR) is 109 cm³/mol. The van der Waals surface area contributed by atoms with Crippen LogP contribution >= 0.6 is 11.8 Å². The molecule has 2 saturated carbocycles. The van der Waals surface area contributed by atoms with Gasteiger partial charge in [0.25, 0.3) is 5.56 Å². The molecule has 1 N–H and O–H groups in total. The molecule has 1 aromatic heterocycles. The lowest BCUT2D eigenvalue weighted by atomic mass is 10.2. The first-order chi connectivity index (χ1) is 13.1. The van der Waals surface area contributed by atoms with Crippen LogP contribution in [0.15, 0.2) is 34.2 Å². The second kappa shape index (κ2) is 8.05. The molecule has 1 atom stereocenters. The van der Waals surface area contributed by atoms with Crippen molar-refractivity contribution in [2.24, 2.45) is 0 Å².